The van der Waals surface area contributed by atoms with Gasteiger partial charge in [0.15, 0.2) is 5.69 Å². The van der Waals surface area contributed by atoms with Crippen LogP contribution in [0.1, 0.15) is 26.3 Å². The summed E-state index contributed by atoms with van der Waals surface area (Å²) in [5.41, 5.74) is 10.9. The first-order chi connectivity index (χ1) is 28.5. The number of para-hydroxylation sites is 1. The molecule has 2 heterocycles. The Hall–Kier alpha value is -8.32. The smallest absolute Gasteiger partial charge is 0.268 e. The van der Waals surface area contributed by atoms with E-state index >= 15 is 4.79 Å². The molecule has 1 aliphatic rings. The van der Waals surface area contributed by atoms with E-state index in [4.69, 9.17) is 6.57 Å². The van der Waals surface area contributed by atoms with Gasteiger partial charge in [0.25, 0.3) is 11.8 Å². The van der Waals surface area contributed by atoms with Crippen LogP contribution in [0, 0.1) is 17.9 Å². The van der Waals surface area contributed by atoms with Gasteiger partial charge in [-0.2, -0.15) is 5.26 Å². The Balaban J connectivity index is 1.22. The summed E-state index contributed by atoms with van der Waals surface area (Å²) in [5.74, 6) is -0.815. The molecule has 0 bridgehead atoms. The highest BCUT2D eigenvalue weighted by molar-refractivity contribution is 6.37. The molecule has 0 spiro atoms. The molecule has 8 aromatic carbocycles. The first-order valence-electron chi connectivity index (χ1n) is 18.9. The maximum Gasteiger partial charge on any atom is 0.268 e. The number of benzene rings is 8. The molecule has 0 saturated carbocycles. The summed E-state index contributed by atoms with van der Waals surface area (Å²) in [6.07, 6.45) is 0. The quantitative estimate of drug-likeness (QED) is 0.126. The predicted molar refractivity (Wildman–Crippen MR) is 231 cm³/mol. The molecule has 270 valence electrons. The Labute approximate surface area is 334 Å². The Bertz CT molecular complexity index is 3170. The van der Waals surface area contributed by atoms with Gasteiger partial charge in [-0.25, -0.2) is 9.74 Å². The van der Waals surface area contributed by atoms with Crippen LogP contribution in [-0.4, -0.2) is 16.4 Å². The van der Waals surface area contributed by atoms with Crippen LogP contribution in [-0.2, 0) is 0 Å². The number of carbonyl (C=O) groups excluding carboxylic acids is 2. The summed E-state index contributed by atoms with van der Waals surface area (Å²) >= 11 is 0. The largest absolute Gasteiger partial charge is 0.308 e. The summed E-state index contributed by atoms with van der Waals surface area (Å²) in [6.45, 7) is 7.46. The second-order valence-corrected chi connectivity index (χ2v) is 14.2. The van der Waals surface area contributed by atoms with E-state index in [-0.39, 0.29) is 0 Å². The molecule has 1 aliphatic heterocycles. The van der Waals surface area contributed by atoms with Crippen molar-refractivity contribution >= 4 is 45.0 Å². The molecule has 2 amide bonds. The lowest BCUT2D eigenvalue weighted by Gasteiger charge is -2.24. The number of imide groups is 1. The fourth-order valence-electron chi connectivity index (χ4n) is 8.35. The van der Waals surface area contributed by atoms with Crippen LogP contribution in [0.15, 0.2) is 182 Å². The van der Waals surface area contributed by atoms with Crippen LogP contribution in [0.5, 0.6) is 0 Å². The number of anilines is 1. The molecule has 0 radical (unpaired) electrons. The average molecular weight is 743 g/mol. The number of hydrogen-bond acceptors (Lipinski definition) is 3. The highest BCUT2D eigenvalue weighted by Crippen LogP contribution is 2.47. The summed E-state index contributed by atoms with van der Waals surface area (Å²) in [6, 6.07) is 61.0. The summed E-state index contributed by atoms with van der Waals surface area (Å²) < 4.78 is 2.05. The first kappa shape index (κ1) is 34.2. The number of rotatable bonds is 6. The minimum Gasteiger partial charge on any atom is -0.308 e. The maximum atomic E-state index is 15.4. The number of nitriles is 1. The maximum absolute atomic E-state index is 15.4. The van der Waals surface area contributed by atoms with Crippen LogP contribution < -0.4 is 4.90 Å². The van der Waals surface area contributed by atoms with Gasteiger partial charge in [-0.3, -0.25) is 9.59 Å². The fraction of sp³-hybridized carbons (Fsp3) is 0. The second-order valence-electron chi connectivity index (χ2n) is 14.2. The molecule has 0 N–H and O–H groups in total. The van der Waals surface area contributed by atoms with E-state index < -0.39 is 11.8 Å². The number of aromatic nitrogens is 1. The molecule has 9 aromatic rings. The molecule has 0 atom stereocenters. The van der Waals surface area contributed by atoms with E-state index in [0.29, 0.717) is 39.3 Å². The lowest BCUT2D eigenvalue weighted by atomic mass is 9.90. The van der Waals surface area contributed by atoms with E-state index in [9.17, 15) is 10.1 Å². The van der Waals surface area contributed by atoms with Crippen molar-refractivity contribution in [2.45, 2.75) is 0 Å². The lowest BCUT2D eigenvalue weighted by molar-refractivity contribution is 0.0926. The zero-order valence-electron chi connectivity index (χ0n) is 30.9. The molecular formula is C52H30N4O2. The van der Waals surface area contributed by atoms with Crippen LogP contribution in [0.2, 0.25) is 0 Å². The van der Waals surface area contributed by atoms with E-state index in [2.05, 4.69) is 39.7 Å². The summed E-state index contributed by atoms with van der Waals surface area (Å²) in [4.78, 5) is 35.2. The third-order valence-corrected chi connectivity index (χ3v) is 11.0. The molecular weight excluding hydrogens is 713 g/mol. The van der Waals surface area contributed by atoms with Crippen molar-refractivity contribution in [2.24, 2.45) is 0 Å². The normalized spacial score (nSPS) is 12.1. The number of amides is 2. The van der Waals surface area contributed by atoms with E-state index in [0.717, 1.165) is 60.8 Å². The van der Waals surface area contributed by atoms with Gasteiger partial charge in [0.05, 0.1) is 46.2 Å². The molecule has 1 aromatic heterocycles. The molecule has 0 unspecified atom stereocenters. The Morgan fingerprint density at radius 2 is 1.10 bits per heavy atom. The van der Waals surface area contributed by atoms with Crippen molar-refractivity contribution in [1.29, 1.82) is 5.26 Å². The SMILES string of the molecule is [C-]#[N+]c1ccc(-c2ccc3c4ccccc4n(-c4cccc5c4C(=O)N(c4c(-c6ccccc6)cc(-c6ccccc6)cc4-c4ccccc4)C5=O)c3c2)c(C#N)c1. The van der Waals surface area contributed by atoms with E-state index in [1.54, 1.807) is 24.3 Å². The van der Waals surface area contributed by atoms with Crippen molar-refractivity contribution in [3.05, 3.63) is 210 Å². The van der Waals surface area contributed by atoms with Gasteiger partial charge in [-0.05, 0) is 75.8 Å². The minimum atomic E-state index is -0.416. The van der Waals surface area contributed by atoms with E-state index in [1.165, 1.54) is 4.90 Å². The Kier molecular flexibility index (Phi) is 8.11. The molecule has 0 aliphatic carbocycles. The van der Waals surface area contributed by atoms with Gasteiger partial charge in [-0.1, -0.05) is 140 Å². The average Bonchev–Trinajstić information content (AvgIpc) is 3.76. The van der Waals surface area contributed by atoms with Crippen LogP contribution >= 0.6 is 0 Å². The second kappa shape index (κ2) is 13.8. The number of hydrogen-bond donors (Lipinski definition) is 0. The fourth-order valence-corrected chi connectivity index (χ4v) is 8.35. The lowest BCUT2D eigenvalue weighted by Crippen LogP contribution is -2.30. The van der Waals surface area contributed by atoms with Crippen molar-refractivity contribution in [1.82, 2.24) is 4.57 Å². The van der Waals surface area contributed by atoms with Gasteiger partial charge in [0.1, 0.15) is 0 Å². The number of carbonyl (C=O) groups is 2. The van der Waals surface area contributed by atoms with E-state index in [1.807, 2.05) is 133 Å². The minimum absolute atomic E-state index is 0.310. The third kappa shape index (κ3) is 5.40. The third-order valence-electron chi connectivity index (χ3n) is 11.0. The molecule has 0 fully saturated rings. The zero-order chi connectivity index (χ0) is 39.3. The molecule has 58 heavy (non-hydrogen) atoms. The van der Waals surface area contributed by atoms with Gasteiger partial charge < -0.3 is 4.57 Å². The summed E-state index contributed by atoms with van der Waals surface area (Å²) in [5, 5.41) is 12.0. The van der Waals surface area contributed by atoms with Crippen LogP contribution in [0.3, 0.4) is 0 Å². The van der Waals surface area contributed by atoms with Crippen LogP contribution in [0.4, 0.5) is 11.4 Å². The van der Waals surface area contributed by atoms with Gasteiger partial charge in [0, 0.05) is 27.5 Å². The zero-order valence-corrected chi connectivity index (χ0v) is 30.9. The van der Waals surface area contributed by atoms with Gasteiger partial charge in [0.2, 0.25) is 0 Å². The first-order valence-corrected chi connectivity index (χ1v) is 18.9. The van der Waals surface area contributed by atoms with Gasteiger partial charge >= 0.3 is 0 Å². The van der Waals surface area contributed by atoms with Crippen molar-refractivity contribution in [2.75, 3.05) is 4.90 Å². The summed E-state index contributed by atoms with van der Waals surface area (Å²) in [7, 11) is 0. The predicted octanol–water partition coefficient (Wildman–Crippen LogP) is 12.7. The molecule has 6 heteroatoms. The number of fused-ring (bicyclic) bond motifs is 4. The Morgan fingerprint density at radius 3 is 1.76 bits per heavy atom. The monoisotopic (exact) mass is 742 g/mol. The Morgan fingerprint density at radius 1 is 0.483 bits per heavy atom. The molecule has 10 rings (SSSR count). The van der Waals surface area contributed by atoms with Crippen molar-refractivity contribution < 1.29 is 9.59 Å². The van der Waals surface area contributed by atoms with Crippen molar-refractivity contribution in [3.8, 4) is 56.3 Å². The molecule has 6 nitrogen and oxygen atoms in total. The number of nitrogens with zero attached hydrogens (tertiary/aromatic N) is 4. The highest BCUT2D eigenvalue weighted by atomic mass is 16.2. The van der Waals surface area contributed by atoms with Gasteiger partial charge in [-0.15, -0.1) is 0 Å². The standard InChI is InChI=1S/C52H30N4O2/c1-54-39-25-27-40(38(28-39)32-53)36-24-26-42-41-20-11-12-22-46(41)55(48(42)31-36)47-23-13-21-43-49(47)52(58)56(51(43)57)50-44(34-16-7-3-8-17-34)29-37(33-14-5-2-6-15-33)30-45(50)35-18-9-4-10-19-35/h2-31H. The molecule has 0 saturated heterocycles. The van der Waals surface area contributed by atoms with Crippen molar-refractivity contribution in [3.63, 3.8) is 0 Å². The highest BCUT2D eigenvalue weighted by Gasteiger charge is 2.41. The topological polar surface area (TPSA) is 70.5 Å². The van der Waals surface area contributed by atoms with Crippen LogP contribution in [0.25, 0.3) is 76.8 Å².